The summed E-state index contributed by atoms with van der Waals surface area (Å²) in [6.07, 6.45) is 1.22. The number of hydrogen-bond acceptors (Lipinski definition) is 7. The van der Waals surface area contributed by atoms with E-state index in [9.17, 15) is 25.0 Å². The van der Waals surface area contributed by atoms with Gasteiger partial charge in [-0.05, 0) is 42.5 Å². The number of carboxylic acid groups (broad SMARTS) is 1. The number of non-ortho nitro benzene ring substituents is 1. The highest BCUT2D eigenvalue weighted by Gasteiger charge is 2.17. The molecule has 0 saturated heterocycles. The third kappa shape index (κ3) is 4.80. The van der Waals surface area contributed by atoms with E-state index >= 15 is 0 Å². The van der Waals surface area contributed by atoms with E-state index in [1.807, 2.05) is 0 Å². The summed E-state index contributed by atoms with van der Waals surface area (Å²) in [5.41, 5.74) is 0.281. The second-order valence-electron chi connectivity index (χ2n) is 6.35. The van der Waals surface area contributed by atoms with Crippen LogP contribution in [0.2, 0.25) is 0 Å². The summed E-state index contributed by atoms with van der Waals surface area (Å²) >= 11 is 0. The van der Waals surface area contributed by atoms with E-state index in [1.54, 1.807) is 6.07 Å². The zero-order valence-electron chi connectivity index (χ0n) is 16.6. The number of benzene rings is 2. The van der Waals surface area contributed by atoms with Crippen molar-refractivity contribution in [3.63, 3.8) is 0 Å². The molecule has 0 saturated carbocycles. The molecule has 0 atom stereocenters. The van der Waals surface area contributed by atoms with Crippen LogP contribution in [0.25, 0.3) is 17.4 Å². The molecular weight excluding hydrogens is 418 g/mol. The van der Waals surface area contributed by atoms with Gasteiger partial charge in [-0.3, -0.25) is 14.9 Å². The number of anilines is 1. The lowest BCUT2D eigenvalue weighted by molar-refractivity contribution is -0.384. The molecule has 2 N–H and O–H groups in total. The SMILES string of the molecule is COc1ccc([N+](=O)[O-])cc1-c1ccc(C=C(C#N)C(=O)Nc2ccc(C(=O)O)cc2)o1. The first-order valence-corrected chi connectivity index (χ1v) is 9.01. The molecule has 1 heterocycles. The summed E-state index contributed by atoms with van der Waals surface area (Å²) in [7, 11) is 1.41. The fraction of sp³-hybridized carbons (Fsp3) is 0.0455. The van der Waals surface area contributed by atoms with Crippen LogP contribution >= 0.6 is 0 Å². The number of nitro groups is 1. The van der Waals surface area contributed by atoms with Crippen LogP contribution in [0.5, 0.6) is 5.75 Å². The van der Waals surface area contributed by atoms with Crippen molar-refractivity contribution in [1.29, 1.82) is 5.26 Å². The van der Waals surface area contributed by atoms with Gasteiger partial charge in [0.15, 0.2) is 0 Å². The van der Waals surface area contributed by atoms with Gasteiger partial charge in [-0.15, -0.1) is 0 Å². The van der Waals surface area contributed by atoms with E-state index in [0.29, 0.717) is 17.0 Å². The minimum atomic E-state index is -1.10. The molecule has 0 aliphatic rings. The first-order chi connectivity index (χ1) is 15.3. The molecule has 0 aliphatic carbocycles. The van der Waals surface area contributed by atoms with Crippen LogP contribution in [0.15, 0.2) is 64.6 Å². The van der Waals surface area contributed by atoms with Crippen molar-refractivity contribution in [3.8, 4) is 23.1 Å². The molecule has 0 fully saturated rings. The average molecular weight is 433 g/mol. The Morgan fingerprint density at radius 1 is 1.19 bits per heavy atom. The first-order valence-electron chi connectivity index (χ1n) is 9.01. The van der Waals surface area contributed by atoms with Crippen molar-refractivity contribution in [2.75, 3.05) is 12.4 Å². The molecule has 1 aromatic heterocycles. The van der Waals surface area contributed by atoms with Gasteiger partial charge < -0.3 is 19.6 Å². The third-order valence-electron chi connectivity index (χ3n) is 4.33. The van der Waals surface area contributed by atoms with Crippen LogP contribution < -0.4 is 10.1 Å². The molecule has 3 aromatic rings. The molecule has 160 valence electrons. The molecule has 3 rings (SSSR count). The Hall–Kier alpha value is -4.91. The Bertz CT molecular complexity index is 1270. The molecule has 0 unspecified atom stereocenters. The van der Waals surface area contributed by atoms with Crippen molar-refractivity contribution in [2.45, 2.75) is 0 Å². The summed E-state index contributed by atoms with van der Waals surface area (Å²) in [4.78, 5) is 33.8. The largest absolute Gasteiger partial charge is 0.496 e. The second kappa shape index (κ2) is 9.27. The zero-order chi connectivity index (χ0) is 23.3. The molecule has 0 radical (unpaired) electrons. The highest BCUT2D eigenvalue weighted by molar-refractivity contribution is 6.09. The Morgan fingerprint density at radius 3 is 2.50 bits per heavy atom. The standard InChI is InChI=1S/C22H15N3O7/c1-31-19-8-6-16(25(29)30)11-18(19)20-9-7-17(32-20)10-14(12-23)21(26)24-15-4-2-13(3-5-15)22(27)28/h2-11H,1H3,(H,24,26)(H,27,28). The predicted molar refractivity (Wildman–Crippen MR) is 113 cm³/mol. The van der Waals surface area contributed by atoms with E-state index in [2.05, 4.69) is 5.32 Å². The Labute approximate surface area is 181 Å². The maximum Gasteiger partial charge on any atom is 0.335 e. The van der Waals surface area contributed by atoms with Crippen molar-refractivity contribution in [1.82, 2.24) is 0 Å². The number of aromatic carboxylic acids is 1. The number of hydrogen-bond donors (Lipinski definition) is 2. The number of nitro benzene ring substituents is 1. The maximum absolute atomic E-state index is 12.4. The van der Waals surface area contributed by atoms with Gasteiger partial charge in [0.1, 0.15) is 28.9 Å². The quantitative estimate of drug-likeness (QED) is 0.244. The Morgan fingerprint density at radius 2 is 1.91 bits per heavy atom. The fourth-order valence-corrected chi connectivity index (χ4v) is 2.76. The van der Waals surface area contributed by atoms with Crippen molar-refractivity contribution in [3.05, 3.63) is 81.6 Å². The second-order valence-corrected chi connectivity index (χ2v) is 6.35. The third-order valence-corrected chi connectivity index (χ3v) is 4.33. The van der Waals surface area contributed by atoms with Crippen LogP contribution in [0.4, 0.5) is 11.4 Å². The highest BCUT2D eigenvalue weighted by Crippen LogP contribution is 2.34. The lowest BCUT2D eigenvalue weighted by Gasteiger charge is -2.06. The smallest absolute Gasteiger partial charge is 0.335 e. The molecule has 0 aliphatic heterocycles. The molecule has 1 amide bonds. The number of carbonyl (C=O) groups excluding carboxylic acids is 1. The van der Waals surface area contributed by atoms with E-state index in [-0.39, 0.29) is 28.3 Å². The minimum Gasteiger partial charge on any atom is -0.496 e. The number of nitrogens with one attached hydrogen (secondary N) is 1. The molecule has 10 nitrogen and oxygen atoms in total. The molecule has 0 spiro atoms. The molecule has 0 bridgehead atoms. The number of amides is 1. The number of carbonyl (C=O) groups is 2. The normalized spacial score (nSPS) is 10.8. The number of methoxy groups -OCH3 is 1. The van der Waals surface area contributed by atoms with E-state index < -0.39 is 16.8 Å². The summed E-state index contributed by atoms with van der Waals surface area (Å²) in [6.45, 7) is 0. The summed E-state index contributed by atoms with van der Waals surface area (Å²) in [5.74, 6) is -1.06. The van der Waals surface area contributed by atoms with Gasteiger partial charge in [0, 0.05) is 23.9 Å². The van der Waals surface area contributed by atoms with Gasteiger partial charge in [-0.25, -0.2) is 4.79 Å². The number of furan rings is 1. The number of rotatable bonds is 7. The highest BCUT2D eigenvalue weighted by atomic mass is 16.6. The monoisotopic (exact) mass is 433 g/mol. The number of nitrogens with zero attached hydrogens (tertiary/aromatic N) is 2. The Kier molecular flexibility index (Phi) is 6.31. The summed E-state index contributed by atoms with van der Waals surface area (Å²) < 4.78 is 10.9. The molecular formula is C22H15N3O7. The van der Waals surface area contributed by atoms with Crippen molar-refractivity contribution in [2.24, 2.45) is 0 Å². The predicted octanol–water partition coefficient (Wildman–Crippen LogP) is 4.11. The van der Waals surface area contributed by atoms with Crippen LogP contribution in [0.3, 0.4) is 0 Å². The lowest BCUT2D eigenvalue weighted by atomic mass is 10.1. The topological polar surface area (TPSA) is 156 Å². The van der Waals surface area contributed by atoms with Crippen LogP contribution in [-0.2, 0) is 4.79 Å². The van der Waals surface area contributed by atoms with Gasteiger partial charge in [0.05, 0.1) is 23.2 Å². The average Bonchev–Trinajstić information content (AvgIpc) is 3.25. The fourth-order valence-electron chi connectivity index (χ4n) is 2.76. The van der Waals surface area contributed by atoms with Gasteiger partial charge in [-0.1, -0.05) is 0 Å². The van der Waals surface area contributed by atoms with E-state index in [0.717, 1.165) is 0 Å². The van der Waals surface area contributed by atoms with Gasteiger partial charge in [-0.2, -0.15) is 5.26 Å². The number of nitriles is 1. The lowest BCUT2D eigenvalue weighted by Crippen LogP contribution is -2.13. The number of carboxylic acids is 1. The minimum absolute atomic E-state index is 0.0544. The van der Waals surface area contributed by atoms with Gasteiger partial charge in [0.25, 0.3) is 11.6 Å². The van der Waals surface area contributed by atoms with Gasteiger partial charge >= 0.3 is 5.97 Å². The summed E-state index contributed by atoms with van der Waals surface area (Å²) in [5, 5.41) is 31.8. The zero-order valence-corrected chi connectivity index (χ0v) is 16.6. The first kappa shape index (κ1) is 21.8. The summed E-state index contributed by atoms with van der Waals surface area (Å²) in [6, 6.07) is 14.3. The number of ether oxygens (including phenoxy) is 1. The van der Waals surface area contributed by atoms with E-state index in [1.165, 1.54) is 67.8 Å². The maximum atomic E-state index is 12.4. The van der Waals surface area contributed by atoms with Crippen LogP contribution in [0, 0.1) is 21.4 Å². The van der Waals surface area contributed by atoms with Crippen molar-refractivity contribution < 1.29 is 28.8 Å². The molecule has 10 heteroatoms. The van der Waals surface area contributed by atoms with Gasteiger partial charge in [0.2, 0.25) is 0 Å². The molecule has 2 aromatic carbocycles. The van der Waals surface area contributed by atoms with E-state index in [4.69, 9.17) is 14.3 Å². The molecule has 32 heavy (non-hydrogen) atoms. The van der Waals surface area contributed by atoms with Crippen LogP contribution in [0.1, 0.15) is 16.1 Å². The Balaban J connectivity index is 1.84. The van der Waals surface area contributed by atoms with Crippen LogP contribution in [-0.4, -0.2) is 29.0 Å². The van der Waals surface area contributed by atoms with Crippen molar-refractivity contribution >= 4 is 29.3 Å².